The summed E-state index contributed by atoms with van der Waals surface area (Å²) < 4.78 is 12.3. The Bertz CT molecular complexity index is 971. The average Bonchev–Trinajstić information content (AvgIpc) is 3.35. The van der Waals surface area contributed by atoms with Crippen molar-refractivity contribution in [2.45, 2.75) is 24.8 Å². The Morgan fingerprint density at radius 1 is 1.19 bits per heavy atom. The lowest BCUT2D eigenvalue weighted by Crippen LogP contribution is -2.44. The number of hydrogen-bond donors (Lipinski definition) is 1. The van der Waals surface area contributed by atoms with E-state index in [1.807, 2.05) is 18.2 Å². The summed E-state index contributed by atoms with van der Waals surface area (Å²) in [4.78, 5) is 25.4. The Hall–Kier alpha value is -2.48. The maximum atomic E-state index is 12.6. The number of Topliss-reactive ketones (excluding diaryl/α,β-unsaturated/α-hetero) is 1. The van der Waals surface area contributed by atoms with Crippen LogP contribution in [0, 0.1) is 5.41 Å². The highest BCUT2D eigenvalue weighted by Gasteiger charge is 2.66. The van der Waals surface area contributed by atoms with Gasteiger partial charge in [-0.3, -0.25) is 4.79 Å². The van der Waals surface area contributed by atoms with E-state index in [-0.39, 0.29) is 29.5 Å². The third kappa shape index (κ3) is 2.54. The molecule has 7 nitrogen and oxygen atoms in total. The van der Waals surface area contributed by atoms with Crippen molar-refractivity contribution < 1.29 is 14.3 Å². The molecule has 1 aromatic carbocycles. The zero-order valence-corrected chi connectivity index (χ0v) is 16.0. The van der Waals surface area contributed by atoms with Gasteiger partial charge in [0.2, 0.25) is 5.78 Å². The van der Waals surface area contributed by atoms with Crippen LogP contribution in [-0.4, -0.2) is 35.0 Å². The summed E-state index contributed by atoms with van der Waals surface area (Å²) >= 11 is 3.27. The van der Waals surface area contributed by atoms with Crippen molar-refractivity contribution in [1.82, 2.24) is 9.97 Å². The van der Waals surface area contributed by atoms with E-state index >= 15 is 0 Å². The molecule has 3 heterocycles. The van der Waals surface area contributed by atoms with Gasteiger partial charge in [0, 0.05) is 29.8 Å². The van der Waals surface area contributed by atoms with Crippen molar-refractivity contribution >= 4 is 27.7 Å². The molecule has 138 valence electrons. The predicted molar refractivity (Wildman–Crippen MR) is 101 cm³/mol. The van der Waals surface area contributed by atoms with Gasteiger partial charge in [-0.1, -0.05) is 6.07 Å². The van der Waals surface area contributed by atoms with E-state index < -0.39 is 5.54 Å². The number of rotatable bonds is 3. The molecule has 0 saturated heterocycles. The van der Waals surface area contributed by atoms with Gasteiger partial charge >= 0.3 is 0 Å². The van der Waals surface area contributed by atoms with Gasteiger partial charge in [-0.2, -0.15) is 0 Å². The smallest absolute Gasteiger partial charge is 0.283 e. The number of hydrogen-bond acceptors (Lipinski definition) is 7. The second-order valence-electron chi connectivity index (χ2n) is 7.32. The second-order valence-corrected chi connectivity index (χ2v) is 8.24. The fourth-order valence-corrected chi connectivity index (χ4v) is 4.23. The molecule has 8 heteroatoms. The largest absolute Gasteiger partial charge is 0.493 e. The Balaban J connectivity index is 1.50. The summed E-state index contributed by atoms with van der Waals surface area (Å²) in [5.41, 5.74) is 7.11. The Kier molecular flexibility index (Phi) is 3.56. The van der Waals surface area contributed by atoms with Crippen molar-refractivity contribution in [3.8, 4) is 5.75 Å². The Labute approximate surface area is 164 Å². The van der Waals surface area contributed by atoms with E-state index in [1.54, 1.807) is 12.4 Å². The second kappa shape index (κ2) is 5.76. The number of carbonyl (C=O) groups is 1. The first-order chi connectivity index (χ1) is 13.0. The third-order valence-electron chi connectivity index (χ3n) is 5.69. The van der Waals surface area contributed by atoms with Crippen LogP contribution in [0.15, 0.2) is 40.1 Å². The van der Waals surface area contributed by atoms with Gasteiger partial charge in [0.05, 0.1) is 11.1 Å². The van der Waals surface area contributed by atoms with Gasteiger partial charge in [-0.05, 0) is 46.5 Å². The van der Waals surface area contributed by atoms with E-state index in [9.17, 15) is 4.79 Å². The molecule has 1 unspecified atom stereocenters. The molecule has 1 aromatic heterocycles. The molecule has 5 rings (SSSR count). The van der Waals surface area contributed by atoms with Crippen LogP contribution in [0.3, 0.4) is 0 Å². The third-order valence-corrected chi connectivity index (χ3v) is 6.10. The normalized spacial score (nSPS) is 24.1. The highest BCUT2D eigenvalue weighted by Crippen LogP contribution is 2.65. The summed E-state index contributed by atoms with van der Waals surface area (Å²) in [6.45, 7) is 1.04. The molecule has 1 saturated carbocycles. The zero-order valence-electron chi connectivity index (χ0n) is 14.4. The fraction of sp³-hybridized carbons (Fsp3) is 0.368. The number of carbonyl (C=O) groups excluding carboxylic acids is 1. The molecule has 0 amide bonds. The van der Waals surface area contributed by atoms with E-state index in [2.05, 4.69) is 25.9 Å². The molecule has 2 aliphatic heterocycles. The number of nitrogens with two attached hydrogens (primary N) is 1. The molecule has 27 heavy (non-hydrogen) atoms. The molecule has 0 bridgehead atoms. The maximum Gasteiger partial charge on any atom is 0.283 e. The number of aromatic nitrogens is 2. The number of fused-ring (bicyclic) bond motifs is 3. The van der Waals surface area contributed by atoms with Crippen LogP contribution < -0.4 is 10.5 Å². The topological polar surface area (TPSA) is 99.7 Å². The Morgan fingerprint density at radius 3 is 2.63 bits per heavy atom. The number of halogens is 1. The fourth-order valence-electron chi connectivity index (χ4n) is 4.03. The van der Waals surface area contributed by atoms with Crippen LogP contribution in [0.5, 0.6) is 5.75 Å². The first-order valence-electron chi connectivity index (χ1n) is 8.76. The van der Waals surface area contributed by atoms with Gasteiger partial charge in [-0.15, -0.1) is 0 Å². The van der Waals surface area contributed by atoms with Crippen molar-refractivity contribution in [3.63, 3.8) is 0 Å². The lowest BCUT2D eigenvalue weighted by molar-refractivity contribution is 0.0869. The van der Waals surface area contributed by atoms with Crippen LogP contribution in [0.2, 0.25) is 0 Å². The number of amidine groups is 1. The Morgan fingerprint density at radius 2 is 1.96 bits per heavy atom. The molecule has 0 radical (unpaired) electrons. The molecule has 1 atom stereocenters. The van der Waals surface area contributed by atoms with Gasteiger partial charge < -0.3 is 15.2 Å². The predicted octanol–water partition coefficient (Wildman–Crippen LogP) is 2.38. The van der Waals surface area contributed by atoms with E-state index in [0.29, 0.717) is 13.2 Å². The molecular formula is C19H17BrN4O3. The van der Waals surface area contributed by atoms with Gasteiger partial charge in [0.1, 0.15) is 17.9 Å². The average molecular weight is 429 g/mol. The lowest BCUT2D eigenvalue weighted by Gasteiger charge is -2.39. The van der Waals surface area contributed by atoms with Crippen molar-refractivity contribution in [2.24, 2.45) is 16.1 Å². The number of aliphatic imine (C=N–C) groups is 1. The summed E-state index contributed by atoms with van der Waals surface area (Å²) in [6, 6.07) is 6.02. The van der Waals surface area contributed by atoms with E-state index in [0.717, 1.165) is 34.2 Å². The number of ketones is 1. The van der Waals surface area contributed by atoms with Crippen LogP contribution in [0.1, 0.15) is 34.6 Å². The standard InChI is InChI=1S/C19H17BrN4O3/c20-12-7-22-16(23-8-12)14(25)6-11-1-2-15-13(5-11)19(10-27-17(21)24-19)18(3-4-18)9-26-15/h1-2,5,7-8H,3-4,6,9-10H2,(H2,21,24). The lowest BCUT2D eigenvalue weighted by atomic mass is 9.74. The van der Waals surface area contributed by atoms with E-state index in [1.165, 1.54) is 0 Å². The highest BCUT2D eigenvalue weighted by atomic mass is 79.9. The summed E-state index contributed by atoms with van der Waals surface area (Å²) in [7, 11) is 0. The van der Waals surface area contributed by atoms with Gasteiger partial charge in [0.25, 0.3) is 6.02 Å². The number of nitrogens with zero attached hydrogens (tertiary/aromatic N) is 3. The molecule has 3 aliphatic rings. The van der Waals surface area contributed by atoms with Gasteiger partial charge in [-0.25, -0.2) is 15.0 Å². The van der Waals surface area contributed by atoms with Crippen LogP contribution in [-0.2, 0) is 16.7 Å². The molecule has 1 aliphatic carbocycles. The number of ether oxygens (including phenoxy) is 2. The summed E-state index contributed by atoms with van der Waals surface area (Å²) in [5, 5.41) is 0. The minimum Gasteiger partial charge on any atom is -0.493 e. The quantitative estimate of drug-likeness (QED) is 0.753. The molecular weight excluding hydrogens is 412 g/mol. The maximum absolute atomic E-state index is 12.6. The highest BCUT2D eigenvalue weighted by molar-refractivity contribution is 9.10. The minimum absolute atomic E-state index is 0.0570. The molecule has 2 aromatic rings. The minimum atomic E-state index is -0.516. The van der Waals surface area contributed by atoms with E-state index in [4.69, 9.17) is 20.2 Å². The monoisotopic (exact) mass is 428 g/mol. The molecule has 2 spiro atoms. The summed E-state index contributed by atoms with van der Waals surface area (Å²) in [5.74, 6) is 0.845. The first-order valence-corrected chi connectivity index (χ1v) is 9.56. The summed E-state index contributed by atoms with van der Waals surface area (Å²) in [6.07, 6.45) is 5.41. The molecule has 2 N–H and O–H groups in total. The van der Waals surface area contributed by atoms with Crippen molar-refractivity contribution in [2.75, 3.05) is 13.2 Å². The van der Waals surface area contributed by atoms with Crippen LogP contribution >= 0.6 is 15.9 Å². The number of benzene rings is 1. The van der Waals surface area contributed by atoms with Crippen molar-refractivity contribution in [3.05, 3.63) is 52.0 Å². The molecule has 1 fully saturated rings. The van der Waals surface area contributed by atoms with Crippen LogP contribution in [0.25, 0.3) is 0 Å². The zero-order chi connectivity index (χ0) is 18.6. The SMILES string of the molecule is NC1=NC2(CO1)c1cc(CC(=O)c3ncc(Br)cn3)ccc1OCC21CC1. The van der Waals surface area contributed by atoms with Crippen molar-refractivity contribution in [1.29, 1.82) is 0 Å². The van der Waals surface area contributed by atoms with Gasteiger partial charge in [0.15, 0.2) is 5.82 Å². The first kappa shape index (κ1) is 16.7. The van der Waals surface area contributed by atoms with Crippen LogP contribution in [0.4, 0.5) is 0 Å².